The zero-order valence-corrected chi connectivity index (χ0v) is 16.6. The van der Waals surface area contributed by atoms with Crippen molar-refractivity contribution >= 4 is 49.6 Å². The van der Waals surface area contributed by atoms with Crippen LogP contribution in [0.2, 0.25) is 0 Å². The highest BCUT2D eigenvalue weighted by Crippen LogP contribution is 2.24. The number of aromatic nitrogens is 2. The number of nitrogens with one attached hydrogen (secondary N) is 1. The van der Waals surface area contributed by atoms with Crippen LogP contribution in [0, 0.1) is 0 Å². The molecule has 31 heavy (non-hydrogen) atoms. The normalized spacial score (nSPS) is 11.4. The predicted octanol–water partition coefficient (Wildman–Crippen LogP) is 3.88. The maximum Gasteiger partial charge on any atom is 0.330 e. The van der Waals surface area contributed by atoms with Gasteiger partial charge in [-0.1, -0.05) is 30.8 Å². The van der Waals surface area contributed by atoms with Gasteiger partial charge in [0.1, 0.15) is 6.61 Å². The van der Waals surface area contributed by atoms with Gasteiger partial charge >= 0.3 is 5.97 Å². The van der Waals surface area contributed by atoms with Crippen LogP contribution in [0.25, 0.3) is 43.6 Å². The average Bonchev–Trinajstić information content (AvgIpc) is 2.80. The molecule has 6 heteroatoms. The van der Waals surface area contributed by atoms with Crippen LogP contribution in [0.1, 0.15) is 0 Å². The first-order chi connectivity index (χ1) is 15.1. The number of benzene rings is 3. The van der Waals surface area contributed by atoms with Crippen LogP contribution in [-0.2, 0) is 16.1 Å². The first-order valence-electron chi connectivity index (χ1n) is 9.87. The second-order valence-electron chi connectivity index (χ2n) is 7.28. The summed E-state index contributed by atoms with van der Waals surface area (Å²) in [6, 6.07) is 18.1. The maximum atomic E-state index is 13.3. The first-order valence-corrected chi connectivity index (χ1v) is 9.87. The van der Waals surface area contributed by atoms with Gasteiger partial charge in [-0.2, -0.15) is 0 Å². The number of hydrogen-bond acceptors (Lipinski definition) is 4. The van der Waals surface area contributed by atoms with Gasteiger partial charge in [0, 0.05) is 33.1 Å². The van der Waals surface area contributed by atoms with E-state index >= 15 is 0 Å². The second-order valence-corrected chi connectivity index (χ2v) is 7.28. The highest BCUT2D eigenvalue weighted by molar-refractivity contribution is 6.03. The van der Waals surface area contributed by atoms with Gasteiger partial charge in [-0.3, -0.25) is 9.59 Å². The molecule has 6 nitrogen and oxygen atoms in total. The molecule has 0 aliphatic heterocycles. The highest BCUT2D eigenvalue weighted by atomic mass is 16.5. The van der Waals surface area contributed by atoms with Crippen molar-refractivity contribution in [2.24, 2.45) is 0 Å². The molecule has 5 aromatic rings. The zero-order chi connectivity index (χ0) is 21.5. The number of ether oxygens (including phenoxy) is 1. The standard InChI is InChI=1S/C25H18N2O4/c1-2-23(28)31-12-11-27-21-10-6-4-8-16(21)25(30)18-13-20-17(14-22(18)27)24(29)15-7-3-5-9-19(15)26-20/h2-10,13-14H,1,11-12H2,(H,26,29). The van der Waals surface area contributed by atoms with Crippen LogP contribution >= 0.6 is 0 Å². The summed E-state index contributed by atoms with van der Waals surface area (Å²) < 4.78 is 7.08. The largest absolute Gasteiger partial charge is 0.461 e. The molecule has 1 N–H and O–H groups in total. The molecule has 0 saturated heterocycles. The van der Waals surface area contributed by atoms with Crippen molar-refractivity contribution in [3.05, 3.63) is 93.8 Å². The van der Waals surface area contributed by atoms with Crippen LogP contribution in [0.15, 0.2) is 82.9 Å². The van der Waals surface area contributed by atoms with Crippen molar-refractivity contribution in [1.29, 1.82) is 0 Å². The quantitative estimate of drug-likeness (QED) is 0.277. The van der Waals surface area contributed by atoms with Gasteiger partial charge < -0.3 is 14.3 Å². The number of rotatable bonds is 4. The summed E-state index contributed by atoms with van der Waals surface area (Å²) in [5.41, 5.74) is 2.44. The third-order valence-electron chi connectivity index (χ3n) is 5.52. The van der Waals surface area contributed by atoms with E-state index in [9.17, 15) is 14.4 Å². The maximum absolute atomic E-state index is 13.3. The average molecular weight is 410 g/mol. The van der Waals surface area contributed by atoms with E-state index < -0.39 is 5.97 Å². The molecule has 2 aromatic heterocycles. The van der Waals surface area contributed by atoms with Crippen molar-refractivity contribution in [2.75, 3.05) is 6.61 Å². The summed E-state index contributed by atoms with van der Waals surface area (Å²) in [6.07, 6.45) is 1.11. The third kappa shape index (κ3) is 3.00. The minimum atomic E-state index is -0.511. The van der Waals surface area contributed by atoms with Gasteiger partial charge in [0.2, 0.25) is 0 Å². The fourth-order valence-corrected chi connectivity index (χ4v) is 4.08. The monoisotopic (exact) mass is 410 g/mol. The van der Waals surface area contributed by atoms with Crippen molar-refractivity contribution in [3.63, 3.8) is 0 Å². The van der Waals surface area contributed by atoms with E-state index in [-0.39, 0.29) is 17.5 Å². The number of aromatic amines is 1. The van der Waals surface area contributed by atoms with Crippen molar-refractivity contribution in [3.8, 4) is 0 Å². The van der Waals surface area contributed by atoms with E-state index in [1.807, 2.05) is 41.0 Å². The summed E-state index contributed by atoms with van der Waals surface area (Å²) in [5.74, 6) is -0.511. The molecule has 152 valence electrons. The number of nitrogens with zero attached hydrogens (tertiary/aromatic N) is 1. The number of fused-ring (bicyclic) bond motifs is 4. The molecule has 0 unspecified atom stereocenters. The van der Waals surface area contributed by atoms with Crippen molar-refractivity contribution in [2.45, 2.75) is 6.54 Å². The predicted molar refractivity (Wildman–Crippen MR) is 123 cm³/mol. The van der Waals surface area contributed by atoms with E-state index in [4.69, 9.17) is 4.74 Å². The molecular formula is C25H18N2O4. The number of esters is 1. The van der Waals surface area contributed by atoms with E-state index in [1.165, 1.54) is 0 Å². The lowest BCUT2D eigenvalue weighted by atomic mass is 10.0. The molecule has 0 spiro atoms. The Kier molecular flexibility index (Phi) is 4.40. The molecule has 0 radical (unpaired) electrons. The Morgan fingerprint density at radius 3 is 2.39 bits per heavy atom. The molecule has 5 rings (SSSR count). The van der Waals surface area contributed by atoms with E-state index in [1.54, 1.807) is 24.3 Å². The lowest BCUT2D eigenvalue weighted by Crippen LogP contribution is -2.16. The Hall–Kier alpha value is -4.19. The van der Waals surface area contributed by atoms with Crippen LogP contribution in [0.4, 0.5) is 0 Å². The second kappa shape index (κ2) is 7.25. The first kappa shape index (κ1) is 18.8. The fourth-order valence-electron chi connectivity index (χ4n) is 4.08. The Morgan fingerprint density at radius 2 is 1.58 bits per heavy atom. The number of carbonyl (C=O) groups is 1. The topological polar surface area (TPSA) is 81.2 Å². The molecule has 0 atom stereocenters. The van der Waals surface area contributed by atoms with Gasteiger partial charge in [0.15, 0.2) is 10.9 Å². The molecule has 0 saturated carbocycles. The molecule has 0 fully saturated rings. The van der Waals surface area contributed by atoms with E-state index in [0.717, 1.165) is 11.6 Å². The smallest absolute Gasteiger partial charge is 0.330 e. The number of H-pyrrole nitrogens is 1. The number of carbonyl (C=O) groups excluding carboxylic acids is 1. The van der Waals surface area contributed by atoms with Crippen molar-refractivity contribution < 1.29 is 9.53 Å². The fraction of sp³-hybridized carbons (Fsp3) is 0.0800. The molecule has 3 aromatic carbocycles. The summed E-state index contributed by atoms with van der Waals surface area (Å²) in [7, 11) is 0. The third-order valence-corrected chi connectivity index (χ3v) is 5.52. The van der Waals surface area contributed by atoms with Gasteiger partial charge in [0.25, 0.3) is 0 Å². The van der Waals surface area contributed by atoms with Crippen LogP contribution < -0.4 is 10.9 Å². The number of pyridine rings is 2. The van der Waals surface area contributed by atoms with Crippen molar-refractivity contribution in [1.82, 2.24) is 9.55 Å². The van der Waals surface area contributed by atoms with Crippen LogP contribution in [0.3, 0.4) is 0 Å². The molecule has 0 aliphatic carbocycles. The SMILES string of the molecule is C=CC(=O)OCCn1c2ccccc2c(=O)c2cc3[nH]c4ccccc4c(=O)c3cc21. The van der Waals surface area contributed by atoms with Gasteiger partial charge in [-0.25, -0.2) is 4.79 Å². The summed E-state index contributed by atoms with van der Waals surface area (Å²) >= 11 is 0. The molecular weight excluding hydrogens is 392 g/mol. The lowest BCUT2D eigenvalue weighted by Gasteiger charge is -2.16. The molecule has 0 aliphatic rings. The van der Waals surface area contributed by atoms with Gasteiger partial charge in [0.05, 0.1) is 23.1 Å². The Balaban J connectivity index is 1.85. The molecule has 2 heterocycles. The van der Waals surface area contributed by atoms with E-state index in [2.05, 4.69) is 11.6 Å². The lowest BCUT2D eigenvalue weighted by molar-refractivity contribution is -0.137. The van der Waals surface area contributed by atoms with E-state index in [0.29, 0.717) is 44.6 Å². The van der Waals surface area contributed by atoms with Gasteiger partial charge in [-0.15, -0.1) is 0 Å². The Bertz CT molecular complexity index is 1640. The minimum absolute atomic E-state index is 0.100. The zero-order valence-electron chi connectivity index (χ0n) is 16.6. The van der Waals surface area contributed by atoms with Gasteiger partial charge in [-0.05, 0) is 36.4 Å². The number of para-hydroxylation sites is 2. The van der Waals surface area contributed by atoms with Crippen LogP contribution in [0.5, 0.6) is 0 Å². The summed E-state index contributed by atoms with van der Waals surface area (Å²) in [4.78, 5) is 41.2. The summed E-state index contributed by atoms with van der Waals surface area (Å²) in [5, 5.41) is 2.14. The van der Waals surface area contributed by atoms with Crippen LogP contribution in [-0.4, -0.2) is 22.1 Å². The Labute approximate surface area is 176 Å². The highest BCUT2D eigenvalue weighted by Gasteiger charge is 2.14. The summed E-state index contributed by atoms with van der Waals surface area (Å²) in [6.45, 7) is 3.84. The minimum Gasteiger partial charge on any atom is -0.461 e. The molecule has 0 amide bonds. The Morgan fingerprint density at radius 1 is 0.871 bits per heavy atom. The number of hydrogen-bond donors (Lipinski definition) is 1. The molecule has 0 bridgehead atoms.